The molecule has 0 heterocycles. The topological polar surface area (TPSA) is 230 Å². The molecule has 0 aromatic heterocycles. The number of hydrogen-bond donors (Lipinski definition) is 8. The van der Waals surface area contributed by atoms with Crippen LogP contribution in [-0.2, 0) is 88.2 Å². The van der Waals surface area contributed by atoms with Gasteiger partial charge in [-0.3, -0.25) is 19.2 Å². The number of carbonyl (C=O) groups is 4. The number of phenols is 4. The van der Waals surface area contributed by atoms with Crippen molar-refractivity contribution in [1.82, 2.24) is 0 Å². The second-order valence-electron chi connectivity index (χ2n) is 32.6. The summed E-state index contributed by atoms with van der Waals surface area (Å²) in [5.74, 6) is -5.43. The Morgan fingerprint density at radius 3 is 0.635 bits per heavy atom. The lowest BCUT2D eigenvalue weighted by Crippen LogP contribution is -2.64. The zero-order valence-electron chi connectivity index (χ0n) is 56.3. The summed E-state index contributed by atoms with van der Waals surface area (Å²) in [6.45, 7) is 46.5. The molecular formula is C73H108O12. The molecule has 0 amide bonds. The summed E-state index contributed by atoms with van der Waals surface area (Å²) in [6, 6.07) is 14.2. The Balaban J connectivity index is 2.03. The Morgan fingerprint density at radius 2 is 0.471 bits per heavy atom. The molecule has 4 unspecified atom stereocenters. The second kappa shape index (κ2) is 25.4. The maximum atomic E-state index is 15.8. The molecule has 0 saturated heterocycles. The van der Waals surface area contributed by atoms with Crippen LogP contribution in [0, 0.1) is 5.41 Å². The number of aliphatic hydroxyl groups excluding tert-OH is 4. The lowest BCUT2D eigenvalue weighted by molar-refractivity contribution is -0.172. The lowest BCUT2D eigenvalue weighted by Gasteiger charge is -2.37. The maximum Gasteiger partial charge on any atom is 0.186 e. The normalized spacial score (nSPS) is 15.5. The summed E-state index contributed by atoms with van der Waals surface area (Å²) >= 11 is 0. The molecule has 0 radical (unpaired) electrons. The number of phenolic OH excluding ortho intramolecular Hbond substituents is 4. The van der Waals surface area contributed by atoms with Crippen LogP contribution in [-0.4, -0.2) is 88.4 Å². The zero-order valence-corrected chi connectivity index (χ0v) is 56.3. The molecule has 0 fully saturated rings. The average molecular weight is 1180 g/mol. The van der Waals surface area contributed by atoms with E-state index in [1.54, 1.807) is 48.5 Å². The Bertz CT molecular complexity index is 2710. The fourth-order valence-electron chi connectivity index (χ4n) is 11.4. The van der Waals surface area contributed by atoms with E-state index in [-0.39, 0.29) is 48.7 Å². The highest BCUT2D eigenvalue weighted by molar-refractivity contribution is 6.30. The predicted molar refractivity (Wildman–Crippen MR) is 342 cm³/mol. The van der Waals surface area contributed by atoms with E-state index in [0.29, 0.717) is 66.8 Å². The molecule has 0 aliphatic rings. The van der Waals surface area contributed by atoms with Crippen LogP contribution in [0.2, 0.25) is 0 Å². The standard InChI is InChI=1S/C73H108O12/c1-65(2,3)45-33-41(34-46(57(45)78)66(4,5)6)25-29-53(74)61(82)73(62(83)54(75)30-26-42-35-47(67(7,8)9)58(79)48(36-42)68(10,11)12,63(84)55(76)31-27-43-37-49(69(13,14)15)59(80)50(38-43)70(16,17)18)64(85)56(77)32-28-44-39-51(71(19,20)21)60(81)52(40-44)72(22,23)24/h33-40,53-55,64,74-76,78-81,85H,25-32H2,1-24H3. The van der Waals surface area contributed by atoms with E-state index in [4.69, 9.17) is 0 Å². The van der Waals surface area contributed by atoms with Crippen LogP contribution >= 0.6 is 0 Å². The summed E-state index contributed by atoms with van der Waals surface area (Å²) in [7, 11) is 0. The van der Waals surface area contributed by atoms with Crippen molar-refractivity contribution < 1.29 is 60.0 Å². The van der Waals surface area contributed by atoms with Crippen LogP contribution in [0.15, 0.2) is 48.5 Å². The lowest BCUT2D eigenvalue weighted by atomic mass is 9.64. The van der Waals surface area contributed by atoms with Crippen molar-refractivity contribution in [3.8, 4) is 23.0 Å². The highest BCUT2D eigenvalue weighted by atomic mass is 16.3. The molecular weight excluding hydrogens is 1070 g/mol. The summed E-state index contributed by atoms with van der Waals surface area (Å²) in [5, 5.41) is 96.3. The van der Waals surface area contributed by atoms with Crippen molar-refractivity contribution in [2.45, 2.75) is 285 Å². The highest BCUT2D eigenvalue weighted by Gasteiger charge is 2.63. The third-order valence-electron chi connectivity index (χ3n) is 16.7. The van der Waals surface area contributed by atoms with Gasteiger partial charge < -0.3 is 40.9 Å². The van der Waals surface area contributed by atoms with E-state index < -0.39 is 122 Å². The van der Waals surface area contributed by atoms with Gasteiger partial charge in [0.2, 0.25) is 0 Å². The van der Waals surface area contributed by atoms with Crippen molar-refractivity contribution >= 4 is 23.1 Å². The van der Waals surface area contributed by atoms with E-state index in [1.807, 2.05) is 166 Å². The zero-order chi connectivity index (χ0) is 65.7. The Morgan fingerprint density at radius 1 is 0.306 bits per heavy atom. The van der Waals surface area contributed by atoms with Gasteiger partial charge in [-0.1, -0.05) is 215 Å². The van der Waals surface area contributed by atoms with E-state index in [1.165, 1.54) is 0 Å². The van der Waals surface area contributed by atoms with Gasteiger partial charge in [-0.2, -0.15) is 0 Å². The van der Waals surface area contributed by atoms with E-state index in [0.717, 1.165) is 0 Å². The molecule has 0 bridgehead atoms. The minimum atomic E-state index is -3.57. The van der Waals surface area contributed by atoms with Gasteiger partial charge in [0.05, 0.1) is 0 Å². The molecule has 4 aromatic rings. The molecule has 4 aromatic carbocycles. The monoisotopic (exact) mass is 1180 g/mol. The number of ketones is 4. The minimum absolute atomic E-state index is 0.0415. The molecule has 4 rings (SSSR count). The molecule has 0 spiro atoms. The quantitative estimate of drug-likeness (QED) is 0.0387. The van der Waals surface area contributed by atoms with Gasteiger partial charge in [-0.05, 0) is 155 Å². The van der Waals surface area contributed by atoms with Crippen molar-refractivity contribution in [3.63, 3.8) is 0 Å². The van der Waals surface area contributed by atoms with Crippen LogP contribution in [0.4, 0.5) is 0 Å². The SMILES string of the molecule is CC(C)(C)c1cc(CCC(=O)C(O)C(C(=O)C(O)CCc2cc(C(C)(C)C)c(O)c(C(C)(C)C)c2)(C(=O)C(O)CCc2cc(C(C)(C)C)c(O)c(C(C)(C)C)c2)C(=O)C(O)CCc2cc(C(C)(C)C)c(O)c(C(C)(C)C)c2)cc(C(C)(C)C)c1O. The second-order valence-corrected chi connectivity index (χ2v) is 32.6. The summed E-state index contributed by atoms with van der Waals surface area (Å²) in [4.78, 5) is 62.7. The number of Topliss-reactive ketones (excluding diaryl/α,β-unsaturated/α-hetero) is 4. The van der Waals surface area contributed by atoms with Crippen LogP contribution in [0.5, 0.6) is 23.0 Å². The Hall–Kier alpha value is -5.40. The van der Waals surface area contributed by atoms with Crippen molar-refractivity contribution in [2.75, 3.05) is 0 Å². The first-order valence-corrected chi connectivity index (χ1v) is 30.5. The average Bonchev–Trinajstić information content (AvgIpc) is 2.28. The van der Waals surface area contributed by atoms with Crippen LogP contribution in [0.1, 0.15) is 259 Å². The molecule has 12 nitrogen and oxygen atoms in total. The van der Waals surface area contributed by atoms with Crippen LogP contribution < -0.4 is 0 Å². The summed E-state index contributed by atoms with van der Waals surface area (Å²) in [5.41, 5.74) is -0.724. The van der Waals surface area contributed by atoms with Gasteiger partial charge in [-0.15, -0.1) is 0 Å². The first-order valence-electron chi connectivity index (χ1n) is 30.5. The fourth-order valence-corrected chi connectivity index (χ4v) is 11.4. The van der Waals surface area contributed by atoms with Crippen LogP contribution in [0.3, 0.4) is 0 Å². The van der Waals surface area contributed by atoms with Gasteiger partial charge in [0.1, 0.15) is 47.4 Å². The molecule has 472 valence electrons. The fraction of sp³-hybridized carbons (Fsp3) is 0.616. The molecule has 4 atom stereocenters. The molecule has 0 saturated carbocycles. The number of aromatic hydroxyl groups is 4. The molecule has 85 heavy (non-hydrogen) atoms. The first kappa shape index (κ1) is 72.1. The van der Waals surface area contributed by atoms with Crippen molar-refractivity contribution in [3.05, 3.63) is 115 Å². The smallest absolute Gasteiger partial charge is 0.186 e. The van der Waals surface area contributed by atoms with Crippen molar-refractivity contribution in [2.24, 2.45) is 5.41 Å². The Labute approximate surface area is 509 Å². The highest BCUT2D eigenvalue weighted by Crippen LogP contribution is 2.45. The summed E-state index contributed by atoms with van der Waals surface area (Å²) < 4.78 is 0. The molecule has 0 aliphatic heterocycles. The third kappa shape index (κ3) is 16.6. The minimum Gasteiger partial charge on any atom is -0.507 e. The number of aliphatic hydroxyl groups is 4. The molecule has 8 N–H and O–H groups in total. The number of rotatable bonds is 20. The van der Waals surface area contributed by atoms with Gasteiger partial charge >= 0.3 is 0 Å². The van der Waals surface area contributed by atoms with E-state index in [9.17, 15) is 40.9 Å². The maximum absolute atomic E-state index is 15.8. The largest absolute Gasteiger partial charge is 0.507 e. The van der Waals surface area contributed by atoms with Crippen molar-refractivity contribution in [1.29, 1.82) is 0 Å². The van der Waals surface area contributed by atoms with Gasteiger partial charge in [0, 0.05) is 6.42 Å². The van der Waals surface area contributed by atoms with Gasteiger partial charge in [-0.25, -0.2) is 0 Å². The molecule has 0 aliphatic carbocycles. The van der Waals surface area contributed by atoms with E-state index in [2.05, 4.69) is 0 Å². The van der Waals surface area contributed by atoms with Gasteiger partial charge in [0.25, 0.3) is 0 Å². The first-order chi connectivity index (χ1) is 38.2. The van der Waals surface area contributed by atoms with E-state index >= 15 is 19.2 Å². The van der Waals surface area contributed by atoms with Gasteiger partial charge in [0.15, 0.2) is 28.5 Å². The molecule has 12 heteroatoms. The number of carbonyl (C=O) groups excluding carboxylic acids is 4. The number of hydrogen-bond acceptors (Lipinski definition) is 12. The Kier molecular flexibility index (Phi) is 21.5. The van der Waals surface area contributed by atoms with Crippen LogP contribution in [0.25, 0.3) is 0 Å². The predicted octanol–water partition coefficient (Wildman–Crippen LogP) is 13.4. The summed E-state index contributed by atoms with van der Waals surface area (Å²) in [6.07, 6.45) is -11.6. The third-order valence-corrected chi connectivity index (χ3v) is 16.7. The number of aryl methyl sites for hydroxylation is 4. The number of benzene rings is 4.